The fourth-order valence-electron chi connectivity index (χ4n) is 0.548. The van der Waals surface area contributed by atoms with E-state index in [9.17, 15) is 9.59 Å². The highest BCUT2D eigenvalue weighted by molar-refractivity contribution is 5.71. The van der Waals surface area contributed by atoms with E-state index in [0.29, 0.717) is 0 Å². The van der Waals surface area contributed by atoms with E-state index in [4.69, 9.17) is 5.53 Å². The quantitative estimate of drug-likeness (QED) is 0.208. The zero-order valence-corrected chi connectivity index (χ0v) is 7.80. The molecule has 0 aromatic carbocycles. The second-order valence-electron chi connectivity index (χ2n) is 2.18. The minimum Gasteiger partial charge on any atom is -0.462 e. The molecule has 0 N–H and O–H groups in total. The molecule has 0 radical (unpaired) electrons. The predicted octanol–water partition coefficient (Wildman–Crippen LogP) is 0.793. The Morgan fingerprint density at radius 2 is 1.86 bits per heavy atom. The van der Waals surface area contributed by atoms with E-state index in [2.05, 4.69) is 19.5 Å². The molecule has 0 aromatic heterocycles. The smallest absolute Gasteiger partial charge is 0.311 e. The second-order valence-corrected chi connectivity index (χ2v) is 2.18. The molecule has 14 heavy (non-hydrogen) atoms. The van der Waals surface area contributed by atoms with Crippen molar-refractivity contribution in [1.82, 2.24) is 0 Å². The van der Waals surface area contributed by atoms with Crippen molar-refractivity contribution in [3.05, 3.63) is 10.4 Å². The van der Waals surface area contributed by atoms with Crippen LogP contribution in [0.15, 0.2) is 5.11 Å². The Morgan fingerprint density at radius 1 is 1.29 bits per heavy atom. The summed E-state index contributed by atoms with van der Waals surface area (Å²) < 4.78 is 9.18. The van der Waals surface area contributed by atoms with Gasteiger partial charge >= 0.3 is 11.9 Å². The van der Waals surface area contributed by atoms with Crippen LogP contribution in [0.1, 0.15) is 13.3 Å². The molecule has 78 valence electrons. The third-order valence-corrected chi connectivity index (χ3v) is 1.16. The van der Waals surface area contributed by atoms with Crippen LogP contribution in [0, 0.1) is 0 Å². The summed E-state index contributed by atoms with van der Waals surface area (Å²) in [5, 5.41) is 3.00. The molecule has 7 nitrogen and oxygen atoms in total. The van der Waals surface area contributed by atoms with Gasteiger partial charge in [-0.3, -0.25) is 9.59 Å². The van der Waals surface area contributed by atoms with Crippen LogP contribution in [0.2, 0.25) is 0 Å². The fraction of sp³-hybridized carbons (Fsp3) is 0.714. The van der Waals surface area contributed by atoms with E-state index in [1.54, 1.807) is 6.92 Å². The van der Waals surface area contributed by atoms with Gasteiger partial charge in [-0.15, -0.1) is 0 Å². The Morgan fingerprint density at radius 3 is 2.36 bits per heavy atom. The molecule has 0 saturated carbocycles. The van der Waals surface area contributed by atoms with Gasteiger partial charge in [0.1, 0.15) is 19.8 Å². The van der Waals surface area contributed by atoms with Gasteiger partial charge in [-0.25, -0.2) is 0 Å². The highest BCUT2D eigenvalue weighted by Crippen LogP contribution is 1.86. The molecule has 7 heteroatoms. The van der Waals surface area contributed by atoms with Gasteiger partial charge in [0.2, 0.25) is 0 Å². The number of hydrogen-bond acceptors (Lipinski definition) is 5. The average Bonchev–Trinajstić information content (AvgIpc) is 2.21. The van der Waals surface area contributed by atoms with E-state index < -0.39 is 5.97 Å². The molecule has 0 aliphatic carbocycles. The molecular formula is C7H11N3O4. The number of ether oxygens (including phenoxy) is 2. The Labute approximate surface area is 80.6 Å². The molecule has 0 heterocycles. The SMILES string of the molecule is CCC(=O)OCCOC(=O)CN=[N+]=[N-]. The first-order valence-corrected chi connectivity index (χ1v) is 4.02. The molecule has 0 spiro atoms. The van der Waals surface area contributed by atoms with E-state index >= 15 is 0 Å². The van der Waals surface area contributed by atoms with Gasteiger partial charge < -0.3 is 9.47 Å². The lowest BCUT2D eigenvalue weighted by Crippen LogP contribution is -2.14. The average molecular weight is 201 g/mol. The molecule has 0 rings (SSSR count). The van der Waals surface area contributed by atoms with Gasteiger partial charge in [0, 0.05) is 11.3 Å². The zero-order valence-electron chi connectivity index (χ0n) is 7.80. The van der Waals surface area contributed by atoms with Gasteiger partial charge in [0.05, 0.1) is 0 Å². The summed E-state index contributed by atoms with van der Waals surface area (Å²) in [6.45, 7) is 1.31. The molecule has 0 bridgehead atoms. The minimum absolute atomic E-state index is 0.0223. The molecular weight excluding hydrogens is 190 g/mol. The number of rotatable bonds is 6. The van der Waals surface area contributed by atoms with Crippen molar-refractivity contribution < 1.29 is 19.1 Å². The highest BCUT2D eigenvalue weighted by atomic mass is 16.6. The minimum atomic E-state index is -0.643. The lowest BCUT2D eigenvalue weighted by Gasteiger charge is -2.03. The third kappa shape index (κ3) is 6.93. The Bertz CT molecular complexity index is 247. The van der Waals surface area contributed by atoms with Crippen LogP contribution in [0.3, 0.4) is 0 Å². The number of azide groups is 1. The number of esters is 2. The lowest BCUT2D eigenvalue weighted by molar-refractivity contribution is -0.151. The summed E-state index contributed by atoms with van der Waals surface area (Å²) in [4.78, 5) is 23.7. The highest BCUT2D eigenvalue weighted by Gasteiger charge is 2.01. The first kappa shape index (κ1) is 12.2. The number of hydrogen-bond donors (Lipinski definition) is 0. The van der Waals surface area contributed by atoms with Crippen molar-refractivity contribution in [3.63, 3.8) is 0 Å². The van der Waals surface area contributed by atoms with Gasteiger partial charge in [0.15, 0.2) is 0 Å². The number of nitrogens with zero attached hydrogens (tertiary/aromatic N) is 3. The molecule has 0 amide bonds. The van der Waals surface area contributed by atoms with Crippen LogP contribution in [-0.4, -0.2) is 31.7 Å². The predicted molar refractivity (Wildman–Crippen MR) is 46.2 cm³/mol. The maximum Gasteiger partial charge on any atom is 0.311 e. The molecule has 0 aliphatic heterocycles. The van der Waals surface area contributed by atoms with Crippen LogP contribution in [-0.2, 0) is 19.1 Å². The van der Waals surface area contributed by atoms with Crippen LogP contribution in [0.5, 0.6) is 0 Å². The Hall–Kier alpha value is -1.75. The van der Waals surface area contributed by atoms with Gasteiger partial charge in [-0.1, -0.05) is 12.0 Å². The van der Waals surface area contributed by atoms with Crippen molar-refractivity contribution in [2.24, 2.45) is 5.11 Å². The first-order valence-electron chi connectivity index (χ1n) is 4.02. The van der Waals surface area contributed by atoms with E-state index in [0.717, 1.165) is 0 Å². The van der Waals surface area contributed by atoms with Crippen molar-refractivity contribution >= 4 is 11.9 Å². The number of carbonyl (C=O) groups excluding carboxylic acids is 2. The largest absolute Gasteiger partial charge is 0.462 e. The van der Waals surface area contributed by atoms with Crippen LogP contribution < -0.4 is 0 Å². The van der Waals surface area contributed by atoms with Crippen molar-refractivity contribution in [2.75, 3.05) is 19.8 Å². The van der Waals surface area contributed by atoms with Gasteiger partial charge in [-0.05, 0) is 5.53 Å². The summed E-state index contributed by atoms with van der Waals surface area (Å²) in [6, 6.07) is 0. The van der Waals surface area contributed by atoms with Crippen molar-refractivity contribution in [2.45, 2.75) is 13.3 Å². The standard InChI is InChI=1S/C7H11N3O4/c1-2-6(11)13-3-4-14-7(12)5-9-10-8/h2-5H2,1H3. The van der Waals surface area contributed by atoms with Crippen LogP contribution >= 0.6 is 0 Å². The summed E-state index contributed by atoms with van der Waals surface area (Å²) >= 11 is 0. The molecule has 0 saturated heterocycles. The van der Waals surface area contributed by atoms with Crippen molar-refractivity contribution in [3.8, 4) is 0 Å². The Balaban J connectivity index is 3.40. The van der Waals surface area contributed by atoms with Crippen LogP contribution in [0.25, 0.3) is 10.4 Å². The van der Waals surface area contributed by atoms with Crippen molar-refractivity contribution in [1.29, 1.82) is 0 Å². The first-order chi connectivity index (χ1) is 6.70. The van der Waals surface area contributed by atoms with E-state index in [-0.39, 0.29) is 32.1 Å². The lowest BCUT2D eigenvalue weighted by atomic mass is 10.5. The summed E-state index contributed by atoms with van der Waals surface area (Å²) in [7, 11) is 0. The topological polar surface area (TPSA) is 101 Å². The summed E-state index contributed by atoms with van der Waals surface area (Å²) in [6.07, 6.45) is 0.284. The number of carbonyl (C=O) groups is 2. The molecule has 0 fully saturated rings. The van der Waals surface area contributed by atoms with Gasteiger partial charge in [0.25, 0.3) is 0 Å². The maximum atomic E-state index is 10.7. The third-order valence-electron chi connectivity index (χ3n) is 1.16. The van der Waals surface area contributed by atoms with E-state index in [1.807, 2.05) is 0 Å². The second kappa shape index (κ2) is 7.88. The van der Waals surface area contributed by atoms with Crippen LogP contribution in [0.4, 0.5) is 0 Å². The molecule has 0 aliphatic rings. The Kier molecular flexibility index (Phi) is 6.89. The summed E-state index contributed by atoms with van der Waals surface area (Å²) in [5.74, 6) is -0.994. The van der Waals surface area contributed by atoms with Gasteiger partial charge in [-0.2, -0.15) is 0 Å². The normalized spacial score (nSPS) is 8.64. The molecule has 0 atom stereocenters. The van der Waals surface area contributed by atoms with E-state index in [1.165, 1.54) is 0 Å². The maximum absolute atomic E-state index is 10.7. The zero-order chi connectivity index (χ0) is 10.8. The molecule has 0 aromatic rings. The molecule has 0 unspecified atom stereocenters. The monoisotopic (exact) mass is 201 g/mol. The fourth-order valence-corrected chi connectivity index (χ4v) is 0.548. The summed E-state index contributed by atoms with van der Waals surface area (Å²) in [5.41, 5.74) is 7.87.